The lowest BCUT2D eigenvalue weighted by atomic mass is 10.1. The number of fused-ring (bicyclic) bond motifs is 4. The number of alkyl halides is 1. The van der Waals surface area contributed by atoms with Crippen molar-refractivity contribution in [1.29, 1.82) is 0 Å². The second-order valence-electron chi connectivity index (χ2n) is 12.8. The number of carbonyl (C=O) groups excluding carboxylic acids is 5. The van der Waals surface area contributed by atoms with E-state index in [2.05, 4.69) is 32.1 Å². The summed E-state index contributed by atoms with van der Waals surface area (Å²) in [5.74, 6) is -0.770. The highest BCUT2D eigenvalue weighted by Gasteiger charge is 2.37. The van der Waals surface area contributed by atoms with E-state index in [1.165, 1.54) is 28.1 Å². The van der Waals surface area contributed by atoms with Gasteiger partial charge in [-0.1, -0.05) is 24.3 Å². The van der Waals surface area contributed by atoms with Crippen LogP contribution in [0.1, 0.15) is 66.6 Å². The molecule has 2 heterocycles. The Morgan fingerprint density at radius 2 is 1.65 bits per heavy atom. The van der Waals surface area contributed by atoms with Gasteiger partial charge in [0, 0.05) is 42.7 Å². The molecule has 0 fully saturated rings. The van der Waals surface area contributed by atoms with Gasteiger partial charge in [-0.15, -0.1) is 11.6 Å². The molecule has 276 valence electrons. The summed E-state index contributed by atoms with van der Waals surface area (Å²) in [4.78, 5) is 64.9. The highest BCUT2D eigenvalue weighted by Crippen LogP contribution is 2.40. The number of benzene rings is 3. The Morgan fingerprint density at radius 3 is 2.40 bits per heavy atom. The van der Waals surface area contributed by atoms with Crippen LogP contribution in [0, 0.1) is 0 Å². The number of methoxy groups -OCH3 is 2. The second kappa shape index (κ2) is 17.3. The Hall–Kier alpha value is -5.30. The van der Waals surface area contributed by atoms with Crippen molar-refractivity contribution in [2.75, 3.05) is 36.3 Å². The molecular weight excluding hydrogens is 690 g/mol. The average Bonchev–Trinajstić information content (AvgIpc) is 3.46. The lowest BCUT2D eigenvalue weighted by Gasteiger charge is -2.22. The van der Waals surface area contributed by atoms with Crippen LogP contribution in [0.25, 0.3) is 0 Å². The smallest absolute Gasteiger partial charge is 0.305 e. The zero-order valence-electron chi connectivity index (χ0n) is 29.7. The van der Waals surface area contributed by atoms with Gasteiger partial charge in [0.15, 0.2) is 11.5 Å². The molecule has 2 aliphatic heterocycles. The van der Waals surface area contributed by atoms with Gasteiger partial charge in [-0.3, -0.25) is 24.0 Å². The second-order valence-corrected chi connectivity index (χ2v) is 13.1. The zero-order chi connectivity index (χ0) is 37.4. The molecule has 0 spiro atoms. The maximum Gasteiger partial charge on any atom is 0.305 e. The van der Waals surface area contributed by atoms with Crippen molar-refractivity contribution in [3.05, 3.63) is 76.9 Å². The number of nitrogens with zero attached hydrogens (tertiary/aromatic N) is 1. The van der Waals surface area contributed by atoms with Crippen LogP contribution in [0.3, 0.4) is 0 Å². The van der Waals surface area contributed by atoms with Gasteiger partial charge >= 0.3 is 5.97 Å². The van der Waals surface area contributed by atoms with Crippen LogP contribution in [-0.4, -0.2) is 68.5 Å². The molecule has 0 saturated carbocycles. The van der Waals surface area contributed by atoms with Crippen LogP contribution in [0.4, 0.5) is 17.1 Å². The topological polar surface area (TPSA) is 164 Å². The summed E-state index contributed by atoms with van der Waals surface area (Å²) < 4.78 is 16.4. The number of hydrogen-bond donors (Lipinski definition) is 4. The average molecular weight is 734 g/mol. The highest BCUT2D eigenvalue weighted by atomic mass is 35.5. The van der Waals surface area contributed by atoms with Crippen molar-refractivity contribution in [3.8, 4) is 11.5 Å². The number of esters is 1. The molecule has 3 atom stereocenters. The predicted molar refractivity (Wildman–Crippen MR) is 197 cm³/mol. The quantitative estimate of drug-likeness (QED) is 0.0986. The fourth-order valence-corrected chi connectivity index (χ4v) is 6.41. The lowest BCUT2D eigenvalue weighted by molar-refractivity contribution is -0.140. The van der Waals surface area contributed by atoms with Gasteiger partial charge in [-0.2, -0.15) is 0 Å². The molecule has 1 unspecified atom stereocenters. The van der Waals surface area contributed by atoms with Crippen LogP contribution < -0.4 is 35.6 Å². The minimum atomic E-state index is -0.922. The first-order chi connectivity index (χ1) is 25.0. The predicted octanol–water partition coefficient (Wildman–Crippen LogP) is 4.69. The van der Waals surface area contributed by atoms with Gasteiger partial charge in [0.05, 0.1) is 31.5 Å². The van der Waals surface area contributed by atoms with Gasteiger partial charge in [0.1, 0.15) is 18.7 Å². The van der Waals surface area contributed by atoms with Crippen LogP contribution >= 0.6 is 11.6 Å². The summed E-state index contributed by atoms with van der Waals surface area (Å²) in [5, 5.41) is 11.5. The van der Waals surface area contributed by atoms with Crippen molar-refractivity contribution in [2.45, 2.75) is 76.6 Å². The minimum Gasteiger partial charge on any atom is -0.493 e. The first kappa shape index (κ1) is 37.9. The maximum atomic E-state index is 13.8. The van der Waals surface area contributed by atoms with Crippen molar-refractivity contribution in [1.82, 2.24) is 10.6 Å². The van der Waals surface area contributed by atoms with Crippen molar-refractivity contribution in [3.63, 3.8) is 0 Å². The van der Waals surface area contributed by atoms with Crippen molar-refractivity contribution >= 4 is 58.3 Å². The summed E-state index contributed by atoms with van der Waals surface area (Å²) in [6.45, 7) is 3.74. The third-order valence-electron chi connectivity index (χ3n) is 9.01. The number of amides is 4. The fourth-order valence-electron chi connectivity index (χ4n) is 6.26. The number of ether oxygens (including phenoxy) is 3. The van der Waals surface area contributed by atoms with Crippen molar-refractivity contribution in [2.24, 2.45) is 0 Å². The Balaban J connectivity index is 1.19. The molecule has 0 saturated heterocycles. The van der Waals surface area contributed by atoms with E-state index in [1.807, 2.05) is 29.2 Å². The summed E-state index contributed by atoms with van der Waals surface area (Å²) >= 11 is 6.19. The summed E-state index contributed by atoms with van der Waals surface area (Å²) in [6.07, 6.45) is 2.10. The molecular formula is C38H44ClN5O8. The Kier molecular flexibility index (Phi) is 12.6. The van der Waals surface area contributed by atoms with E-state index in [9.17, 15) is 24.0 Å². The molecule has 3 aromatic carbocycles. The van der Waals surface area contributed by atoms with Crippen LogP contribution in [0.15, 0.2) is 54.6 Å². The Labute approximate surface area is 307 Å². The largest absolute Gasteiger partial charge is 0.493 e. The summed E-state index contributed by atoms with van der Waals surface area (Å²) in [6, 6.07) is 14.9. The van der Waals surface area contributed by atoms with E-state index in [1.54, 1.807) is 24.3 Å². The first-order valence-electron chi connectivity index (χ1n) is 17.2. The number of rotatable bonds is 15. The standard InChI is InChI=1S/C38H44ClN5O8/c1-22(41-34(45)11-7-8-12-35(46)51-4)36(47)42-23(2)37(48)43-27-14-24(19-39)13-25(15-27)21-52-33-18-30-29(17-32(33)50-3)38(49)44-28(20-40-30)16-26-9-5-6-10-31(26)44/h5-6,9-10,13-15,17-18,22-23,28,40H,7-8,11-12,16,19-21H2,1-4H3,(H,41,45)(H,42,47)(H,43,48)/t22-,23-,28?/m0/s1. The van der Waals surface area contributed by atoms with Gasteiger partial charge in [-0.25, -0.2) is 0 Å². The number of anilines is 3. The van der Waals surface area contributed by atoms with Gasteiger partial charge in [0.2, 0.25) is 17.7 Å². The normalized spacial score (nSPS) is 15.4. The minimum absolute atomic E-state index is 0.0127. The molecule has 0 radical (unpaired) electrons. The molecule has 2 aliphatic rings. The highest BCUT2D eigenvalue weighted by molar-refractivity contribution is 6.17. The third-order valence-corrected chi connectivity index (χ3v) is 9.32. The fraction of sp³-hybridized carbons (Fsp3) is 0.395. The summed E-state index contributed by atoms with van der Waals surface area (Å²) in [5.41, 5.74) is 5.11. The molecule has 4 amide bonds. The number of unbranched alkanes of at least 4 members (excludes halogenated alkanes) is 1. The molecule has 52 heavy (non-hydrogen) atoms. The van der Waals surface area contributed by atoms with Crippen LogP contribution in [0.2, 0.25) is 0 Å². The van der Waals surface area contributed by atoms with E-state index < -0.39 is 23.9 Å². The number of nitrogens with one attached hydrogen (secondary N) is 4. The van der Waals surface area contributed by atoms with Gasteiger partial charge in [0.25, 0.3) is 5.91 Å². The number of carbonyl (C=O) groups is 5. The molecule has 4 N–H and O–H groups in total. The SMILES string of the molecule is COC(=O)CCCCC(=O)N[C@@H](C)C(=O)N[C@@H](C)C(=O)Nc1cc(CCl)cc(COc2cc3c(cc2OC)C(=O)N2c4ccccc4CC2CN3)c1. The van der Waals surface area contributed by atoms with Crippen LogP contribution in [-0.2, 0) is 42.8 Å². The summed E-state index contributed by atoms with van der Waals surface area (Å²) in [7, 11) is 2.82. The molecule has 0 bridgehead atoms. The van der Waals surface area contributed by atoms with E-state index in [0.29, 0.717) is 53.4 Å². The Bertz CT molecular complexity index is 1830. The molecule has 5 rings (SSSR count). The molecule has 13 nitrogen and oxygen atoms in total. The Morgan fingerprint density at radius 1 is 0.923 bits per heavy atom. The number of para-hydroxylation sites is 1. The zero-order valence-corrected chi connectivity index (χ0v) is 30.4. The first-order valence-corrected chi connectivity index (χ1v) is 17.7. The van der Waals surface area contributed by atoms with E-state index in [4.69, 9.17) is 21.1 Å². The molecule has 3 aromatic rings. The monoisotopic (exact) mass is 733 g/mol. The molecule has 14 heteroatoms. The van der Waals surface area contributed by atoms with Crippen molar-refractivity contribution < 1.29 is 38.2 Å². The maximum absolute atomic E-state index is 13.8. The molecule has 0 aromatic heterocycles. The van der Waals surface area contributed by atoms with E-state index in [0.717, 1.165) is 23.2 Å². The van der Waals surface area contributed by atoms with E-state index in [-0.39, 0.29) is 49.2 Å². The van der Waals surface area contributed by atoms with E-state index >= 15 is 0 Å². The number of hydrogen-bond acceptors (Lipinski definition) is 9. The van der Waals surface area contributed by atoms with Crippen LogP contribution in [0.5, 0.6) is 11.5 Å². The lowest BCUT2D eigenvalue weighted by Crippen LogP contribution is -2.50. The number of halogens is 1. The third kappa shape index (κ3) is 9.13. The van der Waals surface area contributed by atoms with Gasteiger partial charge < -0.3 is 40.4 Å². The van der Waals surface area contributed by atoms with Gasteiger partial charge in [-0.05, 0) is 74.1 Å². The molecule has 0 aliphatic carbocycles.